The van der Waals surface area contributed by atoms with Gasteiger partial charge < -0.3 is 4.90 Å². The summed E-state index contributed by atoms with van der Waals surface area (Å²) in [5.74, 6) is 0.768. The molecule has 0 bridgehead atoms. The van der Waals surface area contributed by atoms with Crippen molar-refractivity contribution in [1.29, 1.82) is 0 Å². The van der Waals surface area contributed by atoms with E-state index in [1.54, 1.807) is 0 Å². The smallest absolute Gasteiger partial charge is 0.222 e. The Hall–Kier alpha value is -0.620. The van der Waals surface area contributed by atoms with Crippen molar-refractivity contribution in [1.82, 2.24) is 9.21 Å². The molecule has 2 fully saturated rings. The minimum Gasteiger partial charge on any atom is -0.341 e. The summed E-state index contributed by atoms with van der Waals surface area (Å²) < 4.78 is 24.5. The molecule has 1 aliphatic carbocycles. The van der Waals surface area contributed by atoms with Crippen LogP contribution in [0.5, 0.6) is 0 Å². The summed E-state index contributed by atoms with van der Waals surface area (Å²) >= 11 is 0. The Morgan fingerprint density at radius 3 is 2.37 bits per heavy atom. The Labute approximate surface area is 116 Å². The summed E-state index contributed by atoms with van der Waals surface area (Å²) in [6.07, 6.45) is 7.48. The lowest BCUT2D eigenvalue weighted by Gasteiger charge is -2.22. The number of hydrogen-bond donors (Lipinski definition) is 0. The average Bonchev–Trinajstić information content (AvgIpc) is 2.69. The summed E-state index contributed by atoms with van der Waals surface area (Å²) in [6, 6.07) is 0. The van der Waals surface area contributed by atoms with Crippen LogP contribution in [0.3, 0.4) is 0 Å². The maximum Gasteiger partial charge on any atom is 0.222 e. The van der Waals surface area contributed by atoms with Gasteiger partial charge in [-0.3, -0.25) is 4.79 Å². The van der Waals surface area contributed by atoms with Crippen molar-refractivity contribution in [2.45, 2.75) is 38.5 Å². The van der Waals surface area contributed by atoms with E-state index in [1.807, 2.05) is 4.90 Å². The minimum atomic E-state index is -3.13. The molecule has 19 heavy (non-hydrogen) atoms. The molecule has 1 aliphatic heterocycles. The molecule has 1 amide bonds. The van der Waals surface area contributed by atoms with E-state index in [4.69, 9.17) is 0 Å². The number of carbonyl (C=O) groups is 1. The molecule has 1 heterocycles. The summed E-state index contributed by atoms with van der Waals surface area (Å²) in [7, 11) is -3.13. The SMILES string of the molecule is CS(=O)(=O)N1CCCN(C(=O)CC2CCCC2)CC1. The lowest BCUT2D eigenvalue weighted by molar-refractivity contribution is -0.132. The van der Waals surface area contributed by atoms with Crippen LogP contribution in [0, 0.1) is 5.92 Å². The lowest BCUT2D eigenvalue weighted by atomic mass is 10.0. The first-order valence-corrected chi connectivity index (χ1v) is 9.04. The monoisotopic (exact) mass is 288 g/mol. The van der Waals surface area contributed by atoms with Crippen molar-refractivity contribution in [2.24, 2.45) is 5.92 Å². The van der Waals surface area contributed by atoms with Gasteiger partial charge in [-0.15, -0.1) is 0 Å². The topological polar surface area (TPSA) is 57.7 Å². The molecular formula is C13H24N2O3S. The van der Waals surface area contributed by atoms with Gasteiger partial charge in [0.15, 0.2) is 0 Å². The van der Waals surface area contributed by atoms with Crippen LogP contribution in [-0.4, -0.2) is 56.0 Å². The third kappa shape index (κ3) is 4.18. The van der Waals surface area contributed by atoms with Crippen LogP contribution >= 0.6 is 0 Å². The highest BCUT2D eigenvalue weighted by atomic mass is 32.2. The van der Waals surface area contributed by atoms with E-state index < -0.39 is 10.0 Å². The quantitative estimate of drug-likeness (QED) is 0.780. The molecule has 110 valence electrons. The van der Waals surface area contributed by atoms with Crippen molar-refractivity contribution in [3.63, 3.8) is 0 Å². The summed E-state index contributed by atoms with van der Waals surface area (Å²) in [5, 5.41) is 0. The first-order valence-electron chi connectivity index (χ1n) is 7.20. The molecule has 0 unspecified atom stereocenters. The van der Waals surface area contributed by atoms with E-state index in [-0.39, 0.29) is 5.91 Å². The highest BCUT2D eigenvalue weighted by molar-refractivity contribution is 7.88. The minimum absolute atomic E-state index is 0.210. The molecule has 0 N–H and O–H groups in total. The normalized spacial score (nSPS) is 23.5. The first-order chi connectivity index (χ1) is 8.97. The molecule has 0 radical (unpaired) electrons. The fourth-order valence-electron chi connectivity index (χ4n) is 3.07. The molecule has 1 saturated heterocycles. The van der Waals surface area contributed by atoms with Crippen LogP contribution in [0.2, 0.25) is 0 Å². The first kappa shape index (κ1) is 14.8. The van der Waals surface area contributed by atoms with Crippen molar-refractivity contribution >= 4 is 15.9 Å². The molecule has 0 aromatic rings. The van der Waals surface area contributed by atoms with Crippen molar-refractivity contribution < 1.29 is 13.2 Å². The number of sulfonamides is 1. The van der Waals surface area contributed by atoms with E-state index in [9.17, 15) is 13.2 Å². The summed E-state index contributed by atoms with van der Waals surface area (Å²) in [6.45, 7) is 2.21. The largest absolute Gasteiger partial charge is 0.341 e. The third-order valence-corrected chi connectivity index (χ3v) is 5.52. The fraction of sp³-hybridized carbons (Fsp3) is 0.923. The molecule has 6 heteroatoms. The molecular weight excluding hydrogens is 264 g/mol. The van der Waals surface area contributed by atoms with Gasteiger partial charge in [0.1, 0.15) is 0 Å². The predicted molar refractivity (Wildman–Crippen MR) is 74.2 cm³/mol. The summed E-state index contributed by atoms with van der Waals surface area (Å²) in [5.41, 5.74) is 0. The van der Waals surface area contributed by atoms with Gasteiger partial charge in [0.25, 0.3) is 0 Å². The van der Waals surface area contributed by atoms with Crippen LogP contribution in [-0.2, 0) is 14.8 Å². The number of hydrogen-bond acceptors (Lipinski definition) is 3. The zero-order valence-electron chi connectivity index (χ0n) is 11.7. The van der Waals surface area contributed by atoms with Crippen LogP contribution in [0.15, 0.2) is 0 Å². The zero-order chi connectivity index (χ0) is 13.9. The van der Waals surface area contributed by atoms with Gasteiger partial charge in [0.2, 0.25) is 15.9 Å². The molecule has 1 saturated carbocycles. The number of nitrogens with zero attached hydrogens (tertiary/aromatic N) is 2. The van der Waals surface area contributed by atoms with Crippen LogP contribution in [0.25, 0.3) is 0 Å². The van der Waals surface area contributed by atoms with Gasteiger partial charge >= 0.3 is 0 Å². The summed E-state index contributed by atoms with van der Waals surface area (Å²) in [4.78, 5) is 14.1. The molecule has 2 rings (SSSR count). The number of rotatable bonds is 3. The van der Waals surface area contributed by atoms with Gasteiger partial charge in [-0.1, -0.05) is 12.8 Å². The molecule has 5 nitrogen and oxygen atoms in total. The molecule has 0 spiro atoms. The number of carbonyl (C=O) groups excluding carboxylic acids is 1. The van der Waals surface area contributed by atoms with Gasteiger partial charge in [-0.05, 0) is 25.2 Å². The van der Waals surface area contributed by atoms with Crippen LogP contribution < -0.4 is 0 Å². The Morgan fingerprint density at radius 2 is 1.74 bits per heavy atom. The Bertz CT molecular complexity index is 416. The average molecular weight is 288 g/mol. The van der Waals surface area contributed by atoms with Crippen molar-refractivity contribution in [3.05, 3.63) is 0 Å². The lowest BCUT2D eigenvalue weighted by Crippen LogP contribution is -2.37. The van der Waals surface area contributed by atoms with Gasteiger partial charge in [-0.25, -0.2) is 12.7 Å². The third-order valence-electron chi connectivity index (χ3n) is 4.21. The maximum atomic E-state index is 12.2. The van der Waals surface area contributed by atoms with Crippen LogP contribution in [0.4, 0.5) is 0 Å². The zero-order valence-corrected chi connectivity index (χ0v) is 12.5. The van der Waals surface area contributed by atoms with Gasteiger partial charge in [0.05, 0.1) is 6.26 Å². The number of amides is 1. The fourth-order valence-corrected chi connectivity index (χ4v) is 3.94. The maximum absolute atomic E-state index is 12.2. The molecule has 2 aliphatic rings. The Balaban J connectivity index is 1.86. The van der Waals surface area contributed by atoms with E-state index in [0.717, 1.165) is 6.42 Å². The van der Waals surface area contributed by atoms with E-state index in [0.29, 0.717) is 38.5 Å². The Morgan fingerprint density at radius 1 is 1.05 bits per heavy atom. The van der Waals surface area contributed by atoms with E-state index in [2.05, 4.69) is 0 Å². The van der Waals surface area contributed by atoms with E-state index in [1.165, 1.54) is 36.2 Å². The predicted octanol–water partition coefficient (Wildman–Crippen LogP) is 1.06. The van der Waals surface area contributed by atoms with Crippen molar-refractivity contribution in [3.8, 4) is 0 Å². The van der Waals surface area contributed by atoms with Gasteiger partial charge in [0, 0.05) is 32.6 Å². The molecule has 0 atom stereocenters. The van der Waals surface area contributed by atoms with Crippen molar-refractivity contribution in [2.75, 3.05) is 32.4 Å². The molecule has 0 aromatic carbocycles. The van der Waals surface area contributed by atoms with Crippen LogP contribution in [0.1, 0.15) is 38.5 Å². The second-order valence-electron chi connectivity index (χ2n) is 5.75. The second kappa shape index (κ2) is 6.22. The van der Waals surface area contributed by atoms with E-state index >= 15 is 0 Å². The standard InChI is InChI=1S/C13H24N2O3S/c1-19(17,18)15-8-4-7-14(9-10-15)13(16)11-12-5-2-3-6-12/h12H,2-11H2,1H3. The molecule has 0 aromatic heterocycles. The van der Waals surface area contributed by atoms with Gasteiger partial charge in [-0.2, -0.15) is 0 Å². The second-order valence-corrected chi connectivity index (χ2v) is 7.73. The Kier molecular flexibility index (Phi) is 4.84. The highest BCUT2D eigenvalue weighted by Crippen LogP contribution is 2.28. The highest BCUT2D eigenvalue weighted by Gasteiger charge is 2.26.